The Morgan fingerprint density at radius 1 is 0.962 bits per heavy atom. The number of likely N-dealkylation sites (N-methyl/N-ethyl adjacent to an activating group) is 1. The first-order chi connectivity index (χ1) is 12.7. The molecule has 0 aliphatic carbocycles. The Kier molecular flexibility index (Phi) is 6.03. The molecule has 3 aromatic carbocycles. The van der Waals surface area contributed by atoms with Crippen molar-refractivity contribution in [1.82, 2.24) is 4.90 Å². The Labute approximate surface area is 155 Å². The van der Waals surface area contributed by atoms with Gasteiger partial charge in [-0.3, -0.25) is 4.90 Å². The molecule has 0 spiro atoms. The molecule has 0 saturated carbocycles. The van der Waals surface area contributed by atoms with Crippen molar-refractivity contribution in [1.29, 1.82) is 5.41 Å². The van der Waals surface area contributed by atoms with Gasteiger partial charge in [-0.1, -0.05) is 61.0 Å². The average Bonchev–Trinajstić information content (AvgIpc) is 2.68. The van der Waals surface area contributed by atoms with E-state index in [-0.39, 0.29) is 0 Å². The number of nitrogens with one attached hydrogen (secondary N) is 1. The largest absolute Gasteiger partial charge is 0.492 e. The molecular weight excluding hydrogens is 320 g/mol. The van der Waals surface area contributed by atoms with Gasteiger partial charge in [-0.2, -0.15) is 0 Å². The van der Waals surface area contributed by atoms with Crippen LogP contribution in [0.4, 0.5) is 0 Å². The summed E-state index contributed by atoms with van der Waals surface area (Å²) in [5.74, 6) is 0.887. The zero-order chi connectivity index (χ0) is 18.4. The zero-order valence-corrected chi connectivity index (χ0v) is 15.5. The first-order valence-electron chi connectivity index (χ1n) is 9.14. The number of hydrogen-bond acceptors (Lipinski definition) is 3. The highest BCUT2D eigenvalue weighted by atomic mass is 16.5. The minimum atomic E-state index is 0.646. The predicted molar refractivity (Wildman–Crippen MR) is 109 cm³/mol. The van der Waals surface area contributed by atoms with Crippen molar-refractivity contribution >= 4 is 17.0 Å². The third-order valence-electron chi connectivity index (χ3n) is 4.71. The van der Waals surface area contributed by atoms with Gasteiger partial charge < -0.3 is 10.1 Å². The summed E-state index contributed by atoms with van der Waals surface area (Å²) in [6.45, 7) is 7.75. The maximum Gasteiger partial charge on any atom is 0.127 e. The topological polar surface area (TPSA) is 36.3 Å². The number of ether oxygens (including phenoxy) is 1. The Morgan fingerprint density at radius 2 is 1.69 bits per heavy atom. The van der Waals surface area contributed by atoms with Crippen LogP contribution in [0.2, 0.25) is 0 Å². The van der Waals surface area contributed by atoms with Crippen LogP contribution in [-0.2, 0) is 6.54 Å². The van der Waals surface area contributed by atoms with Crippen LogP contribution >= 0.6 is 0 Å². The molecule has 3 rings (SSSR count). The van der Waals surface area contributed by atoms with Crippen molar-refractivity contribution in [2.75, 3.05) is 19.7 Å². The van der Waals surface area contributed by atoms with Crippen LogP contribution in [0.5, 0.6) is 5.75 Å². The van der Waals surface area contributed by atoms with Gasteiger partial charge in [-0.15, -0.1) is 0 Å². The van der Waals surface area contributed by atoms with Gasteiger partial charge in [-0.05, 0) is 36.6 Å². The first-order valence-corrected chi connectivity index (χ1v) is 9.14. The molecule has 0 unspecified atom stereocenters. The van der Waals surface area contributed by atoms with E-state index >= 15 is 0 Å². The van der Waals surface area contributed by atoms with Crippen LogP contribution in [0, 0.1) is 12.3 Å². The fourth-order valence-corrected chi connectivity index (χ4v) is 3.13. The second-order valence-corrected chi connectivity index (χ2v) is 6.55. The van der Waals surface area contributed by atoms with Gasteiger partial charge in [0.05, 0.1) is 0 Å². The molecular formula is C23H26N2O. The van der Waals surface area contributed by atoms with Crippen LogP contribution in [0.15, 0.2) is 60.7 Å². The van der Waals surface area contributed by atoms with Crippen LogP contribution in [0.25, 0.3) is 10.8 Å². The Bertz CT molecular complexity index is 871. The fourth-order valence-electron chi connectivity index (χ4n) is 3.13. The third kappa shape index (κ3) is 4.30. The molecule has 0 radical (unpaired) electrons. The molecule has 0 aliphatic rings. The molecule has 0 amide bonds. The minimum Gasteiger partial charge on any atom is -0.492 e. The molecule has 0 atom stereocenters. The van der Waals surface area contributed by atoms with E-state index in [1.807, 2.05) is 30.3 Å². The summed E-state index contributed by atoms with van der Waals surface area (Å²) < 4.78 is 6.09. The van der Waals surface area contributed by atoms with Crippen molar-refractivity contribution in [3.63, 3.8) is 0 Å². The van der Waals surface area contributed by atoms with Gasteiger partial charge in [0, 0.05) is 30.3 Å². The number of hydrogen-bond donors (Lipinski definition) is 1. The normalized spacial score (nSPS) is 11.0. The molecule has 0 saturated heterocycles. The number of benzene rings is 3. The molecule has 1 N–H and O–H groups in total. The van der Waals surface area contributed by atoms with Gasteiger partial charge in [0.2, 0.25) is 0 Å². The second kappa shape index (κ2) is 8.63. The molecule has 3 nitrogen and oxygen atoms in total. The summed E-state index contributed by atoms with van der Waals surface area (Å²) in [5, 5.41) is 9.69. The van der Waals surface area contributed by atoms with E-state index in [2.05, 4.69) is 49.1 Å². The van der Waals surface area contributed by atoms with E-state index < -0.39 is 0 Å². The molecule has 134 valence electrons. The van der Waals surface area contributed by atoms with E-state index in [1.54, 1.807) is 0 Å². The summed E-state index contributed by atoms with van der Waals surface area (Å²) in [6.07, 6.45) is 1.40. The molecule has 0 aromatic heterocycles. The van der Waals surface area contributed by atoms with Gasteiger partial charge in [0.15, 0.2) is 0 Å². The minimum absolute atomic E-state index is 0.646. The maximum absolute atomic E-state index is 7.56. The van der Waals surface area contributed by atoms with Crippen molar-refractivity contribution in [3.8, 4) is 5.75 Å². The van der Waals surface area contributed by atoms with Crippen LogP contribution in [0.1, 0.15) is 23.6 Å². The van der Waals surface area contributed by atoms with E-state index in [1.165, 1.54) is 17.3 Å². The van der Waals surface area contributed by atoms with E-state index in [0.717, 1.165) is 41.7 Å². The molecule has 3 aromatic rings. The zero-order valence-electron chi connectivity index (χ0n) is 15.5. The fraction of sp³-hybridized carbons (Fsp3) is 0.261. The van der Waals surface area contributed by atoms with Crippen molar-refractivity contribution < 1.29 is 4.74 Å². The van der Waals surface area contributed by atoms with Crippen molar-refractivity contribution in [3.05, 3.63) is 77.4 Å². The molecule has 0 heterocycles. The number of fused-ring (bicyclic) bond motifs is 1. The van der Waals surface area contributed by atoms with Crippen LogP contribution in [0.3, 0.4) is 0 Å². The summed E-state index contributed by atoms with van der Waals surface area (Å²) in [5.41, 5.74) is 3.54. The number of aryl methyl sites for hydroxylation is 1. The summed E-state index contributed by atoms with van der Waals surface area (Å²) in [7, 11) is 0. The quantitative estimate of drug-likeness (QED) is 0.580. The Hall–Kier alpha value is -2.65. The molecule has 0 aliphatic heterocycles. The van der Waals surface area contributed by atoms with E-state index in [0.29, 0.717) is 6.61 Å². The van der Waals surface area contributed by atoms with Crippen molar-refractivity contribution in [2.45, 2.75) is 20.4 Å². The summed E-state index contributed by atoms with van der Waals surface area (Å²) in [6, 6.07) is 20.8. The molecule has 0 bridgehead atoms. The van der Waals surface area contributed by atoms with Gasteiger partial charge in [-0.25, -0.2) is 0 Å². The SMILES string of the molecule is CCN(CCOc1ccc(C=N)c2ccccc12)Cc1ccc(C)cc1. The Balaban J connectivity index is 1.64. The average molecular weight is 346 g/mol. The Morgan fingerprint density at radius 3 is 2.38 bits per heavy atom. The van der Waals surface area contributed by atoms with Crippen LogP contribution < -0.4 is 4.74 Å². The van der Waals surface area contributed by atoms with Gasteiger partial charge >= 0.3 is 0 Å². The van der Waals surface area contributed by atoms with E-state index in [9.17, 15) is 0 Å². The summed E-state index contributed by atoms with van der Waals surface area (Å²) >= 11 is 0. The van der Waals surface area contributed by atoms with Gasteiger partial charge in [0.25, 0.3) is 0 Å². The van der Waals surface area contributed by atoms with Gasteiger partial charge in [0.1, 0.15) is 12.4 Å². The highest BCUT2D eigenvalue weighted by Crippen LogP contribution is 2.27. The lowest BCUT2D eigenvalue weighted by atomic mass is 10.0. The molecule has 3 heteroatoms. The predicted octanol–water partition coefficient (Wildman–Crippen LogP) is 5.05. The highest BCUT2D eigenvalue weighted by molar-refractivity contribution is 6.01. The van der Waals surface area contributed by atoms with Crippen LogP contribution in [-0.4, -0.2) is 30.8 Å². The summed E-state index contributed by atoms with van der Waals surface area (Å²) in [4.78, 5) is 2.39. The monoisotopic (exact) mass is 346 g/mol. The second-order valence-electron chi connectivity index (χ2n) is 6.55. The lowest BCUT2D eigenvalue weighted by molar-refractivity contribution is 0.211. The number of nitrogens with zero attached hydrogens (tertiary/aromatic N) is 1. The first kappa shape index (κ1) is 18.2. The molecule has 26 heavy (non-hydrogen) atoms. The maximum atomic E-state index is 7.56. The lowest BCUT2D eigenvalue weighted by Gasteiger charge is -2.21. The standard InChI is InChI=1S/C23H26N2O/c1-3-25(17-19-10-8-18(2)9-11-19)14-15-26-23-13-12-20(16-24)21-6-4-5-7-22(21)23/h4-13,16,24H,3,14-15,17H2,1-2H3. The lowest BCUT2D eigenvalue weighted by Crippen LogP contribution is -2.27. The smallest absolute Gasteiger partial charge is 0.127 e. The third-order valence-corrected chi connectivity index (χ3v) is 4.71. The highest BCUT2D eigenvalue weighted by Gasteiger charge is 2.07. The molecule has 0 fully saturated rings. The van der Waals surface area contributed by atoms with E-state index in [4.69, 9.17) is 10.1 Å². The van der Waals surface area contributed by atoms with Crippen molar-refractivity contribution in [2.24, 2.45) is 0 Å². The number of rotatable bonds is 8.